The Kier molecular flexibility index (Phi) is 2.51. The standard InChI is InChI=1S/C11H15N3O/c1-14-7-9(4-10(14)5-12)6-13-11(8-15)2-3-11/h4,7,13,15H,2-3,6,8H2,1H3. The molecule has 0 atom stereocenters. The highest BCUT2D eigenvalue weighted by Crippen LogP contribution is 2.34. The summed E-state index contributed by atoms with van der Waals surface area (Å²) < 4.78 is 1.82. The van der Waals surface area contributed by atoms with Gasteiger partial charge in [0.15, 0.2) is 0 Å². The molecule has 4 heteroatoms. The maximum atomic E-state index is 9.12. The zero-order chi connectivity index (χ0) is 10.9. The fourth-order valence-electron chi connectivity index (χ4n) is 1.67. The normalized spacial score (nSPS) is 17.4. The molecule has 0 aromatic carbocycles. The van der Waals surface area contributed by atoms with E-state index in [0.717, 1.165) is 24.9 Å². The molecule has 2 N–H and O–H groups in total. The van der Waals surface area contributed by atoms with Crippen LogP contribution in [0.2, 0.25) is 0 Å². The summed E-state index contributed by atoms with van der Waals surface area (Å²) in [5, 5.41) is 21.2. The molecular formula is C11H15N3O. The van der Waals surface area contributed by atoms with Crippen molar-refractivity contribution in [3.63, 3.8) is 0 Å². The Bertz CT molecular complexity index is 398. The van der Waals surface area contributed by atoms with E-state index in [-0.39, 0.29) is 12.1 Å². The number of aliphatic hydroxyl groups is 1. The van der Waals surface area contributed by atoms with Gasteiger partial charge in [-0.25, -0.2) is 0 Å². The molecule has 0 bridgehead atoms. The molecule has 80 valence electrons. The zero-order valence-corrected chi connectivity index (χ0v) is 8.82. The lowest BCUT2D eigenvalue weighted by Crippen LogP contribution is -2.33. The number of nitrogens with one attached hydrogen (secondary N) is 1. The molecule has 1 saturated carbocycles. The predicted molar refractivity (Wildman–Crippen MR) is 56.0 cm³/mol. The minimum atomic E-state index is -0.0390. The van der Waals surface area contributed by atoms with Crippen LogP contribution in [0.3, 0.4) is 0 Å². The van der Waals surface area contributed by atoms with Gasteiger partial charge in [-0.3, -0.25) is 0 Å². The van der Waals surface area contributed by atoms with Crippen molar-refractivity contribution in [3.8, 4) is 6.07 Å². The largest absolute Gasteiger partial charge is 0.394 e. The van der Waals surface area contributed by atoms with Crippen LogP contribution in [0.25, 0.3) is 0 Å². The van der Waals surface area contributed by atoms with Crippen molar-refractivity contribution in [2.75, 3.05) is 6.61 Å². The molecule has 15 heavy (non-hydrogen) atoms. The predicted octanol–water partition coefficient (Wildman–Crippen LogP) is 0.511. The molecule has 1 aromatic heterocycles. The van der Waals surface area contributed by atoms with Gasteiger partial charge in [-0.05, 0) is 24.5 Å². The van der Waals surface area contributed by atoms with Crippen LogP contribution in [-0.4, -0.2) is 21.8 Å². The van der Waals surface area contributed by atoms with E-state index >= 15 is 0 Å². The molecule has 0 amide bonds. The summed E-state index contributed by atoms with van der Waals surface area (Å²) in [6.07, 6.45) is 4.03. The van der Waals surface area contributed by atoms with E-state index in [1.165, 1.54) is 0 Å². The van der Waals surface area contributed by atoms with E-state index in [9.17, 15) is 0 Å². The lowest BCUT2D eigenvalue weighted by molar-refractivity contribution is 0.229. The highest BCUT2D eigenvalue weighted by Gasteiger charge is 2.41. The van der Waals surface area contributed by atoms with Crippen LogP contribution < -0.4 is 5.32 Å². The van der Waals surface area contributed by atoms with Gasteiger partial charge in [0.05, 0.1) is 6.61 Å². The summed E-state index contributed by atoms with van der Waals surface area (Å²) in [7, 11) is 1.86. The van der Waals surface area contributed by atoms with E-state index in [2.05, 4.69) is 11.4 Å². The van der Waals surface area contributed by atoms with Crippen LogP contribution >= 0.6 is 0 Å². The van der Waals surface area contributed by atoms with Crippen LogP contribution in [0, 0.1) is 11.3 Å². The number of rotatable bonds is 4. The highest BCUT2D eigenvalue weighted by molar-refractivity contribution is 5.28. The summed E-state index contributed by atoms with van der Waals surface area (Å²) >= 11 is 0. The SMILES string of the molecule is Cn1cc(CNC2(CO)CC2)cc1C#N. The number of hydrogen-bond donors (Lipinski definition) is 2. The number of aliphatic hydroxyl groups excluding tert-OH is 1. The minimum absolute atomic E-state index is 0.0390. The average molecular weight is 205 g/mol. The van der Waals surface area contributed by atoms with Crippen LogP contribution in [-0.2, 0) is 13.6 Å². The molecule has 0 aliphatic heterocycles. The van der Waals surface area contributed by atoms with Gasteiger partial charge in [0, 0.05) is 25.3 Å². The maximum Gasteiger partial charge on any atom is 0.120 e. The van der Waals surface area contributed by atoms with Gasteiger partial charge < -0.3 is 15.0 Å². The Hall–Kier alpha value is -1.31. The summed E-state index contributed by atoms with van der Waals surface area (Å²) in [5.74, 6) is 0. The van der Waals surface area contributed by atoms with Gasteiger partial charge in [0.1, 0.15) is 11.8 Å². The Morgan fingerprint density at radius 1 is 1.67 bits per heavy atom. The van der Waals surface area contributed by atoms with E-state index in [4.69, 9.17) is 10.4 Å². The molecule has 0 radical (unpaired) electrons. The van der Waals surface area contributed by atoms with E-state index in [1.807, 2.05) is 23.9 Å². The van der Waals surface area contributed by atoms with Crippen molar-refractivity contribution in [1.29, 1.82) is 5.26 Å². The smallest absolute Gasteiger partial charge is 0.120 e. The lowest BCUT2D eigenvalue weighted by atomic mass is 10.2. The summed E-state index contributed by atoms with van der Waals surface area (Å²) in [4.78, 5) is 0. The minimum Gasteiger partial charge on any atom is -0.394 e. The van der Waals surface area contributed by atoms with E-state index < -0.39 is 0 Å². The number of hydrogen-bond acceptors (Lipinski definition) is 3. The summed E-state index contributed by atoms with van der Waals surface area (Å²) in [6, 6.07) is 4.00. The van der Waals surface area contributed by atoms with Crippen molar-refractivity contribution in [1.82, 2.24) is 9.88 Å². The molecule has 1 heterocycles. The van der Waals surface area contributed by atoms with Crippen molar-refractivity contribution >= 4 is 0 Å². The third-order valence-corrected chi connectivity index (χ3v) is 3.00. The second-order valence-electron chi connectivity index (χ2n) is 4.25. The third kappa shape index (κ3) is 2.04. The third-order valence-electron chi connectivity index (χ3n) is 3.00. The first kappa shape index (κ1) is 10.2. The zero-order valence-electron chi connectivity index (χ0n) is 8.82. The molecule has 4 nitrogen and oxygen atoms in total. The van der Waals surface area contributed by atoms with Gasteiger partial charge >= 0.3 is 0 Å². The topological polar surface area (TPSA) is 61.0 Å². The van der Waals surface area contributed by atoms with Gasteiger partial charge in [-0.15, -0.1) is 0 Å². The summed E-state index contributed by atoms with van der Waals surface area (Å²) in [6.45, 7) is 0.918. The average Bonchev–Trinajstić information content (AvgIpc) is 2.94. The molecule has 0 saturated heterocycles. The monoisotopic (exact) mass is 205 g/mol. The van der Waals surface area contributed by atoms with Gasteiger partial charge in [-0.2, -0.15) is 5.26 Å². The van der Waals surface area contributed by atoms with Crippen LogP contribution in [0.5, 0.6) is 0 Å². The van der Waals surface area contributed by atoms with Crippen LogP contribution in [0.15, 0.2) is 12.3 Å². The second-order valence-corrected chi connectivity index (χ2v) is 4.25. The molecule has 0 spiro atoms. The fourth-order valence-corrected chi connectivity index (χ4v) is 1.67. The quantitative estimate of drug-likeness (QED) is 0.753. The maximum absolute atomic E-state index is 9.12. The lowest BCUT2D eigenvalue weighted by Gasteiger charge is -2.12. The second kappa shape index (κ2) is 3.69. The first-order chi connectivity index (χ1) is 7.19. The number of aryl methyl sites for hydroxylation is 1. The highest BCUT2D eigenvalue weighted by atomic mass is 16.3. The Balaban J connectivity index is 1.97. The number of nitriles is 1. The van der Waals surface area contributed by atoms with Crippen molar-refractivity contribution in [2.24, 2.45) is 7.05 Å². The van der Waals surface area contributed by atoms with Gasteiger partial charge in [0.25, 0.3) is 0 Å². The van der Waals surface area contributed by atoms with Crippen LogP contribution in [0.4, 0.5) is 0 Å². The van der Waals surface area contributed by atoms with Gasteiger partial charge in [-0.1, -0.05) is 0 Å². The Labute approximate surface area is 89.1 Å². The Morgan fingerprint density at radius 3 is 2.87 bits per heavy atom. The number of aromatic nitrogens is 1. The molecular weight excluding hydrogens is 190 g/mol. The van der Waals surface area contributed by atoms with Crippen molar-refractivity contribution < 1.29 is 5.11 Å². The first-order valence-electron chi connectivity index (χ1n) is 5.10. The van der Waals surface area contributed by atoms with E-state index in [0.29, 0.717) is 5.69 Å². The van der Waals surface area contributed by atoms with E-state index in [1.54, 1.807) is 0 Å². The molecule has 1 aliphatic rings. The summed E-state index contributed by atoms with van der Waals surface area (Å²) in [5.41, 5.74) is 1.72. The molecule has 1 fully saturated rings. The van der Waals surface area contributed by atoms with Crippen LogP contribution in [0.1, 0.15) is 24.1 Å². The van der Waals surface area contributed by atoms with Crippen molar-refractivity contribution in [3.05, 3.63) is 23.5 Å². The van der Waals surface area contributed by atoms with Gasteiger partial charge in [0.2, 0.25) is 0 Å². The molecule has 0 unspecified atom stereocenters. The molecule has 1 aromatic rings. The fraction of sp³-hybridized carbons (Fsp3) is 0.545. The van der Waals surface area contributed by atoms with Crippen molar-refractivity contribution in [2.45, 2.75) is 24.9 Å². The molecule has 1 aliphatic carbocycles. The molecule has 2 rings (SSSR count). The number of nitrogens with zero attached hydrogens (tertiary/aromatic N) is 2. The Morgan fingerprint density at radius 2 is 2.40 bits per heavy atom. The first-order valence-corrected chi connectivity index (χ1v) is 5.10.